The van der Waals surface area contributed by atoms with Crippen molar-refractivity contribution in [2.45, 2.75) is 32.2 Å². The summed E-state index contributed by atoms with van der Waals surface area (Å²) in [7, 11) is 0. The van der Waals surface area contributed by atoms with Gasteiger partial charge < -0.3 is 9.88 Å². The lowest BCUT2D eigenvalue weighted by Gasteiger charge is -2.33. The average Bonchev–Trinajstić information content (AvgIpc) is 3.20. The highest BCUT2D eigenvalue weighted by Crippen LogP contribution is 2.33. The van der Waals surface area contributed by atoms with Gasteiger partial charge in [0.1, 0.15) is 0 Å². The molecule has 1 N–H and O–H groups in total. The molecular weight excluding hydrogens is 304 g/mol. The summed E-state index contributed by atoms with van der Waals surface area (Å²) < 4.78 is 0. The molecule has 1 atom stereocenters. The minimum atomic E-state index is 0.209. The number of benzene rings is 1. The molecule has 2 aromatic heterocycles. The van der Waals surface area contributed by atoms with E-state index < -0.39 is 0 Å². The molecule has 0 radical (unpaired) electrons. The van der Waals surface area contributed by atoms with Crippen LogP contribution in [0.1, 0.15) is 35.4 Å². The van der Waals surface area contributed by atoms with Crippen LogP contribution in [-0.4, -0.2) is 22.3 Å². The minimum Gasteiger partial charge on any atom is -0.361 e. The van der Waals surface area contributed by atoms with Gasteiger partial charge in [0.05, 0.1) is 6.04 Å². The fourth-order valence-electron chi connectivity index (χ4n) is 3.57. The lowest BCUT2D eigenvalue weighted by atomic mass is 10.0. The lowest BCUT2D eigenvalue weighted by molar-refractivity contribution is -0.133. The minimum absolute atomic E-state index is 0.209. The second-order valence-electron chi connectivity index (χ2n) is 6.17. The van der Waals surface area contributed by atoms with Crippen molar-refractivity contribution in [2.24, 2.45) is 0 Å². The maximum atomic E-state index is 12.7. The van der Waals surface area contributed by atoms with E-state index in [-0.39, 0.29) is 11.9 Å². The Morgan fingerprint density at radius 1 is 1.35 bits per heavy atom. The maximum Gasteiger partial charge on any atom is 0.223 e. The van der Waals surface area contributed by atoms with E-state index in [1.807, 2.05) is 34.6 Å². The highest BCUT2D eigenvalue weighted by molar-refractivity contribution is 7.10. The summed E-state index contributed by atoms with van der Waals surface area (Å²) >= 11 is 1.81. The number of aryl methyl sites for hydroxylation is 1. The first-order valence-corrected chi connectivity index (χ1v) is 9.03. The van der Waals surface area contributed by atoms with Gasteiger partial charge in [-0.05, 0) is 48.4 Å². The van der Waals surface area contributed by atoms with Crippen LogP contribution in [0.5, 0.6) is 0 Å². The van der Waals surface area contributed by atoms with Gasteiger partial charge in [0, 0.05) is 34.9 Å². The van der Waals surface area contributed by atoms with Crippen LogP contribution >= 0.6 is 11.3 Å². The third-order valence-electron chi connectivity index (χ3n) is 4.88. The van der Waals surface area contributed by atoms with Gasteiger partial charge in [-0.15, -0.1) is 11.3 Å². The van der Waals surface area contributed by atoms with Crippen LogP contribution in [0.4, 0.5) is 0 Å². The van der Waals surface area contributed by atoms with Gasteiger partial charge in [0.15, 0.2) is 0 Å². The number of amides is 1. The first-order valence-electron chi connectivity index (χ1n) is 8.15. The lowest BCUT2D eigenvalue weighted by Crippen LogP contribution is -2.38. The van der Waals surface area contributed by atoms with E-state index in [9.17, 15) is 4.79 Å². The number of hydrogen-bond acceptors (Lipinski definition) is 2. The van der Waals surface area contributed by atoms with Crippen molar-refractivity contribution in [2.75, 3.05) is 6.54 Å². The number of carbonyl (C=O) groups excluding carboxylic acids is 1. The van der Waals surface area contributed by atoms with E-state index in [0.29, 0.717) is 6.42 Å². The second kappa shape index (κ2) is 5.85. The van der Waals surface area contributed by atoms with E-state index >= 15 is 0 Å². The molecule has 1 aliphatic heterocycles. The van der Waals surface area contributed by atoms with Crippen molar-refractivity contribution in [1.29, 1.82) is 0 Å². The molecule has 1 aromatic carbocycles. The third-order valence-corrected chi connectivity index (χ3v) is 5.88. The predicted octanol–water partition coefficient (Wildman–Crippen LogP) is 4.31. The number of nitrogens with zero attached hydrogens (tertiary/aromatic N) is 1. The fourth-order valence-corrected chi connectivity index (χ4v) is 4.54. The normalized spacial score (nSPS) is 17.4. The Morgan fingerprint density at radius 3 is 3.13 bits per heavy atom. The number of nitrogens with one attached hydrogen (secondary N) is 1. The molecule has 23 heavy (non-hydrogen) atoms. The molecule has 0 saturated heterocycles. The molecule has 1 amide bonds. The Kier molecular flexibility index (Phi) is 3.69. The maximum absolute atomic E-state index is 12.7. The number of hydrogen-bond donors (Lipinski definition) is 1. The summed E-state index contributed by atoms with van der Waals surface area (Å²) in [5, 5.41) is 3.37. The van der Waals surface area contributed by atoms with E-state index in [2.05, 4.69) is 35.5 Å². The van der Waals surface area contributed by atoms with Gasteiger partial charge in [0.25, 0.3) is 0 Å². The number of thiophene rings is 1. The first kappa shape index (κ1) is 14.5. The van der Waals surface area contributed by atoms with Crippen molar-refractivity contribution in [3.05, 3.63) is 57.9 Å². The standard InChI is InChI=1S/C19H20N2OS/c1-13-15-9-11-23-18(15)8-10-21(13)19(22)7-6-14-12-20-17-5-3-2-4-16(14)17/h2-5,9,11-13,20H,6-8,10H2,1H3/t13-/m0/s1. The molecule has 3 aromatic rings. The Morgan fingerprint density at radius 2 is 2.22 bits per heavy atom. The molecule has 0 aliphatic carbocycles. The number of carbonyl (C=O) groups is 1. The van der Waals surface area contributed by atoms with Gasteiger partial charge in [0.2, 0.25) is 5.91 Å². The summed E-state index contributed by atoms with van der Waals surface area (Å²) in [4.78, 5) is 19.5. The van der Waals surface area contributed by atoms with Gasteiger partial charge >= 0.3 is 0 Å². The van der Waals surface area contributed by atoms with Crippen molar-refractivity contribution in [3.8, 4) is 0 Å². The monoisotopic (exact) mass is 324 g/mol. The number of aromatic amines is 1. The van der Waals surface area contributed by atoms with Crippen LogP contribution in [0, 0.1) is 0 Å². The smallest absolute Gasteiger partial charge is 0.223 e. The zero-order valence-electron chi connectivity index (χ0n) is 13.2. The molecule has 3 heterocycles. The SMILES string of the molecule is C[C@H]1c2ccsc2CCN1C(=O)CCc1c[nH]c2ccccc12. The molecule has 0 bridgehead atoms. The third kappa shape index (κ3) is 2.57. The Labute approximate surface area is 139 Å². The number of para-hydroxylation sites is 1. The van der Waals surface area contributed by atoms with E-state index in [0.717, 1.165) is 24.9 Å². The predicted molar refractivity (Wildman–Crippen MR) is 94.8 cm³/mol. The zero-order chi connectivity index (χ0) is 15.8. The van der Waals surface area contributed by atoms with E-state index in [4.69, 9.17) is 0 Å². The van der Waals surface area contributed by atoms with Crippen LogP contribution in [-0.2, 0) is 17.6 Å². The van der Waals surface area contributed by atoms with Crippen molar-refractivity contribution in [3.63, 3.8) is 0 Å². The van der Waals surface area contributed by atoms with Gasteiger partial charge in [-0.25, -0.2) is 0 Å². The van der Waals surface area contributed by atoms with Crippen LogP contribution < -0.4 is 0 Å². The van der Waals surface area contributed by atoms with Gasteiger partial charge in [-0.3, -0.25) is 4.79 Å². The Bertz CT molecular complexity index is 848. The molecule has 0 unspecified atom stereocenters. The molecule has 1 aliphatic rings. The summed E-state index contributed by atoms with van der Waals surface area (Å²) in [6.45, 7) is 3.00. The van der Waals surface area contributed by atoms with Crippen LogP contribution in [0.25, 0.3) is 10.9 Å². The molecule has 4 heteroatoms. The van der Waals surface area contributed by atoms with Crippen LogP contribution in [0.2, 0.25) is 0 Å². The highest BCUT2D eigenvalue weighted by Gasteiger charge is 2.27. The van der Waals surface area contributed by atoms with Crippen LogP contribution in [0.15, 0.2) is 41.9 Å². The first-order chi connectivity index (χ1) is 11.2. The van der Waals surface area contributed by atoms with Crippen molar-refractivity contribution < 1.29 is 4.79 Å². The van der Waals surface area contributed by atoms with Gasteiger partial charge in [-0.1, -0.05) is 18.2 Å². The summed E-state index contributed by atoms with van der Waals surface area (Å²) in [6, 6.07) is 10.6. The molecule has 4 rings (SSSR count). The Balaban J connectivity index is 1.46. The molecule has 118 valence electrons. The summed E-state index contributed by atoms with van der Waals surface area (Å²) in [5.41, 5.74) is 3.71. The van der Waals surface area contributed by atoms with E-state index in [1.165, 1.54) is 21.4 Å². The average molecular weight is 324 g/mol. The topological polar surface area (TPSA) is 36.1 Å². The fraction of sp³-hybridized carbons (Fsp3) is 0.316. The van der Waals surface area contributed by atoms with Gasteiger partial charge in [-0.2, -0.15) is 0 Å². The second-order valence-corrected chi connectivity index (χ2v) is 7.17. The molecular formula is C19H20N2OS. The molecule has 3 nitrogen and oxygen atoms in total. The number of H-pyrrole nitrogens is 1. The van der Waals surface area contributed by atoms with Crippen molar-refractivity contribution >= 4 is 28.1 Å². The molecule has 0 fully saturated rings. The summed E-state index contributed by atoms with van der Waals surface area (Å²) in [5.74, 6) is 0.264. The Hall–Kier alpha value is -2.07. The number of aromatic nitrogens is 1. The quantitative estimate of drug-likeness (QED) is 0.766. The highest BCUT2D eigenvalue weighted by atomic mass is 32.1. The van der Waals surface area contributed by atoms with Crippen LogP contribution in [0.3, 0.4) is 0 Å². The largest absolute Gasteiger partial charge is 0.361 e. The molecule has 0 saturated carbocycles. The van der Waals surface area contributed by atoms with Crippen molar-refractivity contribution in [1.82, 2.24) is 9.88 Å². The summed E-state index contributed by atoms with van der Waals surface area (Å²) in [6.07, 6.45) is 4.40. The number of rotatable bonds is 3. The van der Waals surface area contributed by atoms with E-state index in [1.54, 1.807) is 0 Å². The number of fused-ring (bicyclic) bond motifs is 2. The molecule has 0 spiro atoms. The zero-order valence-corrected chi connectivity index (χ0v) is 14.0.